The molecule has 6 heteroatoms. The number of carbonyl (C=O) groups is 1. The zero-order chi connectivity index (χ0) is 22.6. The Hall–Kier alpha value is -3.93. The number of aromatic nitrogens is 4. The number of aryl methyl sites for hydroxylation is 1. The molecule has 0 N–H and O–H groups in total. The Bertz CT molecular complexity index is 1260. The highest BCUT2D eigenvalue weighted by Gasteiger charge is 2.29. The van der Waals surface area contributed by atoms with Gasteiger partial charge in [0.25, 0.3) is 5.91 Å². The van der Waals surface area contributed by atoms with Crippen LogP contribution in [-0.2, 0) is 0 Å². The second kappa shape index (κ2) is 9.28. The van der Waals surface area contributed by atoms with E-state index in [9.17, 15) is 4.79 Å². The highest BCUT2D eigenvalue weighted by molar-refractivity contribution is 5.95. The maximum absolute atomic E-state index is 13.3. The summed E-state index contributed by atoms with van der Waals surface area (Å²) >= 11 is 0. The minimum absolute atomic E-state index is 0.0854. The summed E-state index contributed by atoms with van der Waals surface area (Å²) in [6.07, 6.45) is 9.08. The van der Waals surface area contributed by atoms with E-state index < -0.39 is 0 Å². The van der Waals surface area contributed by atoms with Gasteiger partial charge < -0.3 is 4.90 Å². The number of hydrogen-bond donors (Lipinski definition) is 0. The summed E-state index contributed by atoms with van der Waals surface area (Å²) in [7, 11) is 0. The van der Waals surface area contributed by atoms with Crippen molar-refractivity contribution in [2.24, 2.45) is 0 Å². The number of nitrogens with zero attached hydrogens (tertiary/aromatic N) is 5. The molecule has 0 saturated carbocycles. The van der Waals surface area contributed by atoms with Crippen LogP contribution in [0.1, 0.15) is 40.4 Å². The number of benzene rings is 1. The zero-order valence-corrected chi connectivity index (χ0v) is 18.6. The van der Waals surface area contributed by atoms with Gasteiger partial charge in [-0.15, -0.1) is 0 Å². The molecule has 0 aliphatic carbocycles. The molecule has 3 aromatic heterocycles. The number of pyridine rings is 2. The molecule has 33 heavy (non-hydrogen) atoms. The molecule has 1 amide bonds. The van der Waals surface area contributed by atoms with Crippen LogP contribution in [0.25, 0.3) is 22.6 Å². The first-order valence-corrected chi connectivity index (χ1v) is 11.2. The van der Waals surface area contributed by atoms with Gasteiger partial charge in [0.2, 0.25) is 0 Å². The number of likely N-dealkylation sites (tertiary alicyclic amines) is 1. The number of hydrogen-bond acceptors (Lipinski definition) is 5. The van der Waals surface area contributed by atoms with Gasteiger partial charge in [-0.2, -0.15) is 0 Å². The lowest BCUT2D eigenvalue weighted by atomic mass is 9.89. The summed E-state index contributed by atoms with van der Waals surface area (Å²) in [5.74, 6) is 0.799. The van der Waals surface area contributed by atoms with Crippen molar-refractivity contribution in [1.82, 2.24) is 24.8 Å². The van der Waals surface area contributed by atoms with E-state index in [4.69, 9.17) is 4.98 Å². The van der Waals surface area contributed by atoms with Crippen LogP contribution in [0.5, 0.6) is 0 Å². The quantitative estimate of drug-likeness (QED) is 0.455. The van der Waals surface area contributed by atoms with Crippen molar-refractivity contribution in [2.75, 3.05) is 13.1 Å². The Kier molecular flexibility index (Phi) is 5.89. The van der Waals surface area contributed by atoms with Gasteiger partial charge in [0.1, 0.15) is 5.69 Å². The molecule has 164 valence electrons. The number of amides is 1. The summed E-state index contributed by atoms with van der Waals surface area (Å²) in [6, 6.07) is 17.5. The highest BCUT2D eigenvalue weighted by Crippen LogP contribution is 2.34. The standard InChI is InChI=1S/C27H25N5O/c1-19-7-2-3-9-22(19)27(33)32-16-6-8-21(18-32)25-23(20-11-14-28-15-12-20)17-30-26(31-25)24-10-4-5-13-29-24/h2-5,7,9-15,17,21H,6,8,16,18H2,1H3/t21-/m1/s1. The maximum atomic E-state index is 13.3. The van der Waals surface area contributed by atoms with Crippen molar-refractivity contribution in [3.8, 4) is 22.6 Å². The predicted octanol–water partition coefficient (Wildman–Crippen LogP) is 4.93. The van der Waals surface area contributed by atoms with Gasteiger partial charge in [0.05, 0.1) is 5.69 Å². The Labute approximate surface area is 193 Å². The van der Waals surface area contributed by atoms with E-state index in [1.165, 1.54) is 0 Å². The molecule has 4 aromatic rings. The first kappa shape index (κ1) is 20.9. The molecular formula is C27H25N5O. The zero-order valence-electron chi connectivity index (χ0n) is 18.6. The SMILES string of the molecule is Cc1ccccc1C(=O)N1CCC[C@@H](c2nc(-c3ccccn3)ncc2-c2ccncc2)C1. The molecule has 1 aromatic carbocycles. The summed E-state index contributed by atoms with van der Waals surface area (Å²) in [5.41, 5.74) is 5.47. The summed E-state index contributed by atoms with van der Waals surface area (Å²) in [6.45, 7) is 3.37. The largest absolute Gasteiger partial charge is 0.338 e. The third kappa shape index (κ3) is 4.37. The lowest BCUT2D eigenvalue weighted by Crippen LogP contribution is -2.39. The molecular weight excluding hydrogens is 410 g/mol. The van der Waals surface area contributed by atoms with Crippen LogP contribution >= 0.6 is 0 Å². The number of carbonyl (C=O) groups excluding carboxylic acids is 1. The van der Waals surface area contributed by atoms with Crippen molar-refractivity contribution < 1.29 is 4.79 Å². The first-order valence-electron chi connectivity index (χ1n) is 11.2. The third-order valence-electron chi connectivity index (χ3n) is 6.17. The second-order valence-electron chi connectivity index (χ2n) is 8.35. The minimum Gasteiger partial charge on any atom is -0.338 e. The Morgan fingerprint density at radius 3 is 2.58 bits per heavy atom. The van der Waals surface area contributed by atoms with Crippen LogP contribution in [0.4, 0.5) is 0 Å². The first-order chi connectivity index (χ1) is 16.2. The summed E-state index contributed by atoms with van der Waals surface area (Å²) in [4.78, 5) is 33.5. The molecule has 5 rings (SSSR count). The minimum atomic E-state index is 0.0854. The highest BCUT2D eigenvalue weighted by atomic mass is 16.2. The van der Waals surface area contributed by atoms with Gasteiger partial charge in [0.15, 0.2) is 5.82 Å². The fraction of sp³-hybridized carbons (Fsp3) is 0.222. The fourth-order valence-electron chi connectivity index (χ4n) is 4.45. The second-order valence-corrected chi connectivity index (χ2v) is 8.35. The van der Waals surface area contributed by atoms with Gasteiger partial charge in [-0.05, 0) is 61.2 Å². The van der Waals surface area contributed by atoms with Crippen LogP contribution in [0.2, 0.25) is 0 Å². The summed E-state index contributed by atoms with van der Waals surface area (Å²) in [5, 5.41) is 0. The molecule has 0 spiro atoms. The Morgan fingerprint density at radius 2 is 1.79 bits per heavy atom. The van der Waals surface area contributed by atoms with E-state index in [1.807, 2.05) is 72.6 Å². The fourth-order valence-corrected chi connectivity index (χ4v) is 4.45. The average Bonchev–Trinajstić information content (AvgIpc) is 2.89. The molecule has 1 atom stereocenters. The third-order valence-corrected chi connectivity index (χ3v) is 6.17. The van der Waals surface area contributed by atoms with Crippen molar-refractivity contribution in [2.45, 2.75) is 25.7 Å². The average molecular weight is 436 g/mol. The molecule has 0 bridgehead atoms. The van der Waals surface area contributed by atoms with Gasteiger partial charge in [-0.25, -0.2) is 9.97 Å². The van der Waals surface area contributed by atoms with Crippen LogP contribution in [-0.4, -0.2) is 43.8 Å². The molecule has 0 radical (unpaired) electrons. The van der Waals surface area contributed by atoms with Gasteiger partial charge in [-0.3, -0.25) is 14.8 Å². The lowest BCUT2D eigenvalue weighted by Gasteiger charge is -2.33. The maximum Gasteiger partial charge on any atom is 0.254 e. The van der Waals surface area contributed by atoms with Crippen molar-refractivity contribution in [3.63, 3.8) is 0 Å². The van der Waals surface area contributed by atoms with Crippen LogP contribution in [0, 0.1) is 6.92 Å². The van der Waals surface area contributed by atoms with E-state index in [0.29, 0.717) is 12.4 Å². The van der Waals surface area contributed by atoms with Crippen LogP contribution in [0.15, 0.2) is 79.4 Å². The van der Waals surface area contributed by atoms with Crippen molar-refractivity contribution in [1.29, 1.82) is 0 Å². The number of rotatable bonds is 4. The molecule has 0 unspecified atom stereocenters. The number of piperidine rings is 1. The topological polar surface area (TPSA) is 71.9 Å². The molecule has 4 heterocycles. The molecule has 1 aliphatic rings. The van der Waals surface area contributed by atoms with Gasteiger partial charge in [-0.1, -0.05) is 24.3 Å². The predicted molar refractivity (Wildman–Crippen MR) is 128 cm³/mol. The normalized spacial score (nSPS) is 15.9. The molecule has 1 aliphatic heterocycles. The molecule has 1 fully saturated rings. The van der Waals surface area contributed by atoms with E-state index in [2.05, 4.69) is 15.0 Å². The Morgan fingerprint density at radius 1 is 0.970 bits per heavy atom. The van der Waals surface area contributed by atoms with E-state index >= 15 is 0 Å². The van der Waals surface area contributed by atoms with Gasteiger partial charge in [0, 0.05) is 54.9 Å². The van der Waals surface area contributed by atoms with Crippen molar-refractivity contribution in [3.05, 3.63) is 96.2 Å². The molecule has 1 saturated heterocycles. The summed E-state index contributed by atoms with van der Waals surface area (Å²) < 4.78 is 0. The van der Waals surface area contributed by atoms with E-state index in [0.717, 1.165) is 53.0 Å². The van der Waals surface area contributed by atoms with Gasteiger partial charge >= 0.3 is 0 Å². The molecule has 6 nitrogen and oxygen atoms in total. The van der Waals surface area contributed by atoms with E-state index in [-0.39, 0.29) is 11.8 Å². The van der Waals surface area contributed by atoms with Crippen LogP contribution in [0.3, 0.4) is 0 Å². The van der Waals surface area contributed by atoms with Crippen molar-refractivity contribution >= 4 is 5.91 Å². The monoisotopic (exact) mass is 435 g/mol. The van der Waals surface area contributed by atoms with Crippen LogP contribution < -0.4 is 0 Å². The smallest absolute Gasteiger partial charge is 0.254 e. The van der Waals surface area contributed by atoms with E-state index in [1.54, 1.807) is 18.6 Å². The Balaban J connectivity index is 1.52. The lowest BCUT2D eigenvalue weighted by molar-refractivity contribution is 0.0705.